The predicted octanol–water partition coefficient (Wildman–Crippen LogP) is 2.06. The van der Waals surface area contributed by atoms with Gasteiger partial charge in [-0.1, -0.05) is 20.8 Å². The van der Waals surface area contributed by atoms with Gasteiger partial charge in [-0.3, -0.25) is 5.10 Å². The smallest absolute Gasteiger partial charge is 0.167 e. The first-order chi connectivity index (χ1) is 7.04. The van der Waals surface area contributed by atoms with Crippen LogP contribution in [0, 0.1) is 5.92 Å². The Kier molecular flexibility index (Phi) is 4.27. The summed E-state index contributed by atoms with van der Waals surface area (Å²) in [5.41, 5.74) is 0. The second-order valence-corrected chi connectivity index (χ2v) is 4.41. The van der Waals surface area contributed by atoms with Crippen molar-refractivity contribution in [3.63, 3.8) is 0 Å². The van der Waals surface area contributed by atoms with Crippen molar-refractivity contribution in [2.24, 2.45) is 5.92 Å². The van der Waals surface area contributed by atoms with Gasteiger partial charge in [0.15, 0.2) is 5.82 Å². The molecule has 0 aliphatic carbocycles. The van der Waals surface area contributed by atoms with E-state index in [9.17, 15) is 0 Å². The molecule has 0 saturated heterocycles. The largest absolute Gasteiger partial charge is 0.305 e. The summed E-state index contributed by atoms with van der Waals surface area (Å²) < 4.78 is 0. The lowest BCUT2D eigenvalue weighted by molar-refractivity contribution is 0.381. The molecule has 15 heavy (non-hydrogen) atoms. The van der Waals surface area contributed by atoms with Crippen LogP contribution in [0.1, 0.15) is 52.3 Å². The number of hydrogen-bond acceptors (Lipinski definition) is 3. The molecule has 4 nitrogen and oxygen atoms in total. The molecule has 0 fully saturated rings. The van der Waals surface area contributed by atoms with Crippen molar-refractivity contribution in [2.45, 2.75) is 53.1 Å². The van der Waals surface area contributed by atoms with E-state index in [1.54, 1.807) is 0 Å². The third kappa shape index (κ3) is 3.30. The maximum absolute atomic E-state index is 4.41. The molecule has 0 amide bonds. The molecule has 1 heterocycles. The lowest BCUT2D eigenvalue weighted by atomic mass is 10.1. The summed E-state index contributed by atoms with van der Waals surface area (Å²) >= 11 is 0. The normalized spacial score (nSPS) is 15.6. The number of rotatable bonds is 5. The molecule has 0 radical (unpaired) electrons. The number of aromatic nitrogens is 3. The summed E-state index contributed by atoms with van der Waals surface area (Å²) in [4.78, 5) is 4.41. The molecule has 2 unspecified atom stereocenters. The summed E-state index contributed by atoms with van der Waals surface area (Å²) in [6.45, 7) is 10.8. The average Bonchev–Trinajstić information content (AvgIpc) is 2.65. The Labute approximate surface area is 91.9 Å². The average molecular weight is 210 g/mol. The number of nitrogens with zero attached hydrogens (tertiary/aromatic N) is 2. The van der Waals surface area contributed by atoms with Gasteiger partial charge in [-0.25, -0.2) is 4.98 Å². The van der Waals surface area contributed by atoms with E-state index < -0.39 is 0 Å². The van der Waals surface area contributed by atoms with Crippen molar-refractivity contribution in [2.75, 3.05) is 0 Å². The fourth-order valence-electron chi connectivity index (χ4n) is 1.32. The van der Waals surface area contributed by atoms with Gasteiger partial charge in [-0.2, -0.15) is 5.10 Å². The Morgan fingerprint density at radius 3 is 2.40 bits per heavy atom. The van der Waals surface area contributed by atoms with Gasteiger partial charge in [-0.15, -0.1) is 0 Å². The molecule has 0 aliphatic heterocycles. The van der Waals surface area contributed by atoms with Gasteiger partial charge in [0, 0.05) is 12.5 Å². The Morgan fingerprint density at radius 2 is 1.93 bits per heavy atom. The van der Waals surface area contributed by atoms with E-state index >= 15 is 0 Å². The molecular weight excluding hydrogens is 188 g/mol. The number of H-pyrrole nitrogens is 1. The Hall–Kier alpha value is -0.900. The van der Waals surface area contributed by atoms with Gasteiger partial charge in [-0.05, 0) is 19.8 Å². The molecule has 4 heteroatoms. The van der Waals surface area contributed by atoms with E-state index in [1.807, 2.05) is 0 Å². The standard InChI is InChI=1S/C11H22N4/c1-6-10-13-11(15-14-10)9(5)12-8(4)7(2)3/h7-9,12H,6H2,1-5H3,(H,13,14,15). The zero-order valence-electron chi connectivity index (χ0n) is 10.3. The minimum atomic E-state index is 0.207. The molecule has 1 aromatic rings. The van der Waals surface area contributed by atoms with Crippen LogP contribution in [0.25, 0.3) is 0 Å². The second kappa shape index (κ2) is 5.26. The van der Waals surface area contributed by atoms with Crippen LogP contribution in [0.4, 0.5) is 0 Å². The first-order valence-corrected chi connectivity index (χ1v) is 5.71. The van der Waals surface area contributed by atoms with Crippen LogP contribution in [-0.4, -0.2) is 21.2 Å². The molecule has 0 saturated carbocycles. The molecule has 0 aliphatic rings. The highest BCUT2D eigenvalue weighted by atomic mass is 15.2. The number of hydrogen-bond donors (Lipinski definition) is 2. The molecule has 1 rings (SSSR count). The van der Waals surface area contributed by atoms with Gasteiger partial charge in [0.1, 0.15) is 5.82 Å². The summed E-state index contributed by atoms with van der Waals surface area (Å²) in [7, 11) is 0. The molecule has 2 N–H and O–H groups in total. The lowest BCUT2D eigenvalue weighted by Gasteiger charge is -2.20. The van der Waals surface area contributed by atoms with Gasteiger partial charge in [0.2, 0.25) is 0 Å². The number of aryl methyl sites for hydroxylation is 1. The fourth-order valence-corrected chi connectivity index (χ4v) is 1.32. The molecule has 2 atom stereocenters. The SMILES string of the molecule is CCc1nc(C(C)NC(C)C(C)C)n[nH]1. The van der Waals surface area contributed by atoms with Crippen molar-refractivity contribution >= 4 is 0 Å². The van der Waals surface area contributed by atoms with E-state index in [1.165, 1.54) is 0 Å². The maximum Gasteiger partial charge on any atom is 0.167 e. The van der Waals surface area contributed by atoms with Crippen molar-refractivity contribution in [1.29, 1.82) is 0 Å². The van der Waals surface area contributed by atoms with Gasteiger partial charge < -0.3 is 5.32 Å². The number of aromatic amines is 1. The van der Waals surface area contributed by atoms with Crippen molar-refractivity contribution in [3.05, 3.63) is 11.6 Å². The zero-order valence-corrected chi connectivity index (χ0v) is 10.3. The van der Waals surface area contributed by atoms with Crippen molar-refractivity contribution in [1.82, 2.24) is 20.5 Å². The van der Waals surface area contributed by atoms with Crippen molar-refractivity contribution < 1.29 is 0 Å². The minimum absolute atomic E-state index is 0.207. The van der Waals surface area contributed by atoms with E-state index in [-0.39, 0.29) is 6.04 Å². The second-order valence-electron chi connectivity index (χ2n) is 4.41. The summed E-state index contributed by atoms with van der Waals surface area (Å²) in [5, 5.41) is 10.6. The summed E-state index contributed by atoms with van der Waals surface area (Å²) in [6, 6.07) is 0.683. The first-order valence-electron chi connectivity index (χ1n) is 5.71. The van der Waals surface area contributed by atoms with Crippen LogP contribution >= 0.6 is 0 Å². The number of nitrogens with one attached hydrogen (secondary N) is 2. The summed E-state index contributed by atoms with van der Waals surface area (Å²) in [5.74, 6) is 2.44. The minimum Gasteiger partial charge on any atom is -0.305 e. The zero-order chi connectivity index (χ0) is 11.4. The van der Waals surface area contributed by atoms with E-state index in [0.717, 1.165) is 18.1 Å². The Morgan fingerprint density at radius 1 is 1.27 bits per heavy atom. The monoisotopic (exact) mass is 210 g/mol. The fraction of sp³-hybridized carbons (Fsp3) is 0.818. The van der Waals surface area contributed by atoms with Gasteiger partial charge >= 0.3 is 0 Å². The Bertz CT molecular complexity index is 293. The molecule has 86 valence electrons. The van der Waals surface area contributed by atoms with Crippen LogP contribution in [0.15, 0.2) is 0 Å². The van der Waals surface area contributed by atoms with Crippen LogP contribution in [-0.2, 0) is 6.42 Å². The molecule has 0 spiro atoms. The Balaban J connectivity index is 2.56. The third-order valence-corrected chi connectivity index (χ3v) is 2.78. The van der Waals surface area contributed by atoms with E-state index in [4.69, 9.17) is 0 Å². The molecule has 0 aromatic carbocycles. The van der Waals surface area contributed by atoms with Gasteiger partial charge in [0.25, 0.3) is 0 Å². The topological polar surface area (TPSA) is 53.6 Å². The van der Waals surface area contributed by atoms with Gasteiger partial charge in [0.05, 0.1) is 6.04 Å². The quantitative estimate of drug-likeness (QED) is 0.782. The highest BCUT2D eigenvalue weighted by Crippen LogP contribution is 2.10. The van der Waals surface area contributed by atoms with E-state index in [0.29, 0.717) is 12.0 Å². The highest BCUT2D eigenvalue weighted by Gasteiger charge is 2.15. The van der Waals surface area contributed by atoms with E-state index in [2.05, 4.69) is 55.1 Å². The van der Waals surface area contributed by atoms with Crippen LogP contribution in [0.2, 0.25) is 0 Å². The first kappa shape index (κ1) is 12.2. The van der Waals surface area contributed by atoms with Crippen LogP contribution < -0.4 is 5.32 Å². The molecular formula is C11H22N4. The molecule has 0 bridgehead atoms. The molecule has 1 aromatic heterocycles. The lowest BCUT2D eigenvalue weighted by Crippen LogP contribution is -2.33. The van der Waals surface area contributed by atoms with Crippen LogP contribution in [0.5, 0.6) is 0 Å². The maximum atomic E-state index is 4.41. The highest BCUT2D eigenvalue weighted by molar-refractivity contribution is 4.95. The van der Waals surface area contributed by atoms with Crippen LogP contribution in [0.3, 0.4) is 0 Å². The third-order valence-electron chi connectivity index (χ3n) is 2.78. The summed E-state index contributed by atoms with van der Waals surface area (Å²) in [6.07, 6.45) is 0.902. The predicted molar refractivity (Wildman–Crippen MR) is 61.6 cm³/mol. The van der Waals surface area contributed by atoms with Crippen molar-refractivity contribution in [3.8, 4) is 0 Å².